The van der Waals surface area contributed by atoms with Gasteiger partial charge in [0, 0.05) is 17.3 Å². The lowest BCUT2D eigenvalue weighted by molar-refractivity contribution is -0.139. The van der Waals surface area contributed by atoms with Gasteiger partial charge in [-0.15, -0.1) is 0 Å². The largest absolute Gasteiger partial charge is 0.417 e. The molecule has 0 saturated heterocycles. The molecule has 9 heteroatoms. The van der Waals surface area contributed by atoms with Crippen molar-refractivity contribution in [1.29, 1.82) is 0 Å². The highest BCUT2D eigenvalue weighted by Crippen LogP contribution is 2.34. The summed E-state index contributed by atoms with van der Waals surface area (Å²) in [6.07, 6.45) is -3.55. The van der Waals surface area contributed by atoms with E-state index in [0.29, 0.717) is 6.07 Å². The average molecular weight is 337 g/mol. The number of hydrogen-bond acceptors (Lipinski definition) is 3. The van der Waals surface area contributed by atoms with Crippen molar-refractivity contribution in [2.75, 3.05) is 4.72 Å². The molecule has 1 aromatic carbocycles. The number of hydrogen-bond donors (Lipinski definition) is 1. The number of alkyl halides is 3. The van der Waals surface area contributed by atoms with Crippen LogP contribution in [0.1, 0.15) is 5.56 Å². The Morgan fingerprint density at radius 3 is 2.43 bits per heavy atom. The van der Waals surface area contributed by atoms with Gasteiger partial charge >= 0.3 is 6.18 Å². The van der Waals surface area contributed by atoms with Gasteiger partial charge in [0.1, 0.15) is 5.82 Å². The molecule has 21 heavy (non-hydrogen) atoms. The van der Waals surface area contributed by atoms with Crippen molar-refractivity contribution in [3.63, 3.8) is 0 Å². The predicted molar refractivity (Wildman–Crippen MR) is 71.5 cm³/mol. The Kier molecular flexibility index (Phi) is 4.11. The Morgan fingerprint density at radius 1 is 1.14 bits per heavy atom. The molecule has 112 valence electrons. The zero-order chi connectivity index (χ0) is 15.7. The highest BCUT2D eigenvalue weighted by Gasteiger charge is 2.36. The number of benzene rings is 1. The highest BCUT2D eigenvalue weighted by atomic mass is 35.5. The molecule has 0 fully saturated rings. The topological polar surface area (TPSA) is 59.1 Å². The molecule has 0 aliphatic rings. The van der Waals surface area contributed by atoms with Crippen molar-refractivity contribution in [2.24, 2.45) is 0 Å². The van der Waals surface area contributed by atoms with Crippen LogP contribution in [0.25, 0.3) is 0 Å². The molecule has 1 aromatic heterocycles. The van der Waals surface area contributed by atoms with E-state index in [2.05, 4.69) is 4.98 Å². The third-order valence-corrected chi connectivity index (χ3v) is 4.09. The van der Waals surface area contributed by atoms with E-state index >= 15 is 0 Å². The molecule has 0 unspecified atom stereocenters. The molecule has 0 radical (unpaired) electrons. The molecule has 2 aromatic rings. The van der Waals surface area contributed by atoms with E-state index in [9.17, 15) is 21.6 Å². The van der Waals surface area contributed by atoms with E-state index in [0.717, 1.165) is 12.1 Å². The summed E-state index contributed by atoms with van der Waals surface area (Å²) in [6.45, 7) is 0. The highest BCUT2D eigenvalue weighted by molar-refractivity contribution is 7.92. The number of halogens is 4. The van der Waals surface area contributed by atoms with Gasteiger partial charge < -0.3 is 0 Å². The zero-order valence-electron chi connectivity index (χ0n) is 10.2. The fourth-order valence-corrected chi connectivity index (χ4v) is 2.98. The summed E-state index contributed by atoms with van der Waals surface area (Å²) in [4.78, 5) is 2.81. The Hall–Kier alpha value is -1.80. The van der Waals surface area contributed by atoms with Crippen LogP contribution in [0.2, 0.25) is 5.02 Å². The van der Waals surface area contributed by atoms with Gasteiger partial charge in [0.05, 0.1) is 10.5 Å². The van der Waals surface area contributed by atoms with Gasteiger partial charge in [0.2, 0.25) is 0 Å². The summed E-state index contributed by atoms with van der Waals surface area (Å²) in [7, 11) is -4.44. The number of anilines is 1. The van der Waals surface area contributed by atoms with Crippen molar-refractivity contribution in [3.8, 4) is 0 Å². The predicted octanol–water partition coefficient (Wildman–Crippen LogP) is 3.55. The maximum Gasteiger partial charge on any atom is 0.417 e. The summed E-state index contributed by atoms with van der Waals surface area (Å²) < 4.78 is 64.7. The first kappa shape index (κ1) is 15.6. The van der Waals surface area contributed by atoms with E-state index in [4.69, 9.17) is 11.6 Å². The molecular weight excluding hydrogens is 329 g/mol. The molecule has 0 saturated carbocycles. The van der Waals surface area contributed by atoms with Gasteiger partial charge in [-0.2, -0.15) is 13.2 Å². The molecular formula is C12H8ClF3N2O2S. The summed E-state index contributed by atoms with van der Waals surface area (Å²) in [5.41, 5.74) is -1.25. The molecule has 0 aliphatic heterocycles. The second kappa shape index (κ2) is 5.53. The third-order valence-electron chi connectivity index (χ3n) is 2.44. The van der Waals surface area contributed by atoms with E-state index in [1.54, 1.807) is 0 Å². The summed E-state index contributed by atoms with van der Waals surface area (Å²) >= 11 is 5.67. The van der Waals surface area contributed by atoms with Gasteiger partial charge in [-0.05, 0) is 18.2 Å². The minimum absolute atomic E-state index is 0.167. The van der Waals surface area contributed by atoms with Gasteiger partial charge in [-0.3, -0.25) is 4.72 Å². The van der Waals surface area contributed by atoms with Gasteiger partial charge in [-0.25, -0.2) is 13.4 Å². The minimum Gasteiger partial charge on any atom is -0.263 e. The van der Waals surface area contributed by atoms with Crippen LogP contribution in [0.4, 0.5) is 19.0 Å². The summed E-state index contributed by atoms with van der Waals surface area (Å²) in [5, 5.41) is 0.201. The van der Waals surface area contributed by atoms with Crippen LogP contribution < -0.4 is 4.72 Å². The Labute approximate surface area is 123 Å². The number of pyridine rings is 1. The lowest BCUT2D eigenvalue weighted by atomic mass is 10.2. The normalized spacial score (nSPS) is 12.2. The van der Waals surface area contributed by atoms with Crippen molar-refractivity contribution < 1.29 is 21.6 Å². The third kappa shape index (κ3) is 3.64. The lowest BCUT2D eigenvalue weighted by Gasteiger charge is -2.13. The fraction of sp³-hybridized carbons (Fsp3) is 0.0833. The van der Waals surface area contributed by atoms with Gasteiger partial charge in [-0.1, -0.05) is 23.7 Å². The van der Waals surface area contributed by atoms with Gasteiger partial charge in [0.15, 0.2) is 0 Å². The molecule has 2 rings (SSSR count). The molecule has 4 nitrogen and oxygen atoms in total. The number of nitrogens with one attached hydrogen (secondary N) is 1. The average Bonchev–Trinajstić information content (AvgIpc) is 2.37. The number of sulfonamides is 1. The second-order valence-corrected chi connectivity index (χ2v) is 6.05. The van der Waals surface area contributed by atoms with E-state index in [1.165, 1.54) is 24.4 Å². The van der Waals surface area contributed by atoms with Crippen LogP contribution >= 0.6 is 11.6 Å². The molecule has 1 N–H and O–H groups in total. The number of aromatic nitrogens is 1. The van der Waals surface area contributed by atoms with Crippen LogP contribution in [-0.2, 0) is 16.2 Å². The Balaban J connectivity index is 2.46. The first-order valence-corrected chi connectivity index (χ1v) is 7.37. The lowest BCUT2D eigenvalue weighted by Crippen LogP contribution is -2.19. The molecule has 0 amide bonds. The minimum atomic E-state index is -4.78. The van der Waals surface area contributed by atoms with Crippen LogP contribution in [0.5, 0.6) is 0 Å². The molecule has 1 heterocycles. The van der Waals surface area contributed by atoms with E-state index in [1.807, 2.05) is 4.72 Å². The van der Waals surface area contributed by atoms with Gasteiger partial charge in [0.25, 0.3) is 10.0 Å². The van der Waals surface area contributed by atoms with Crippen LogP contribution in [-0.4, -0.2) is 13.4 Å². The SMILES string of the molecule is O=S(=O)(Nc1cc(Cl)ccn1)c1ccccc1C(F)(F)F. The van der Waals surface area contributed by atoms with Crippen molar-refractivity contribution in [1.82, 2.24) is 4.98 Å². The zero-order valence-corrected chi connectivity index (χ0v) is 11.8. The number of nitrogens with zero attached hydrogens (tertiary/aromatic N) is 1. The van der Waals surface area contributed by atoms with Crippen LogP contribution in [0.3, 0.4) is 0 Å². The van der Waals surface area contributed by atoms with Crippen molar-refractivity contribution in [2.45, 2.75) is 11.1 Å². The standard InChI is InChI=1S/C12H8ClF3N2O2S/c13-8-5-6-17-11(7-8)18-21(19,20)10-4-2-1-3-9(10)12(14,15)16/h1-7H,(H,17,18). The molecule has 0 aliphatic carbocycles. The number of rotatable bonds is 3. The summed E-state index contributed by atoms with van der Waals surface area (Å²) in [5.74, 6) is -0.167. The second-order valence-electron chi connectivity index (χ2n) is 3.96. The maximum atomic E-state index is 12.9. The monoisotopic (exact) mass is 336 g/mol. The maximum absolute atomic E-state index is 12.9. The van der Waals surface area contributed by atoms with Crippen LogP contribution in [0.15, 0.2) is 47.5 Å². The van der Waals surface area contributed by atoms with Crippen molar-refractivity contribution >= 4 is 27.4 Å². The first-order chi connectivity index (χ1) is 9.70. The fourth-order valence-electron chi connectivity index (χ4n) is 1.59. The Morgan fingerprint density at radius 2 is 1.81 bits per heavy atom. The smallest absolute Gasteiger partial charge is 0.263 e. The molecule has 0 bridgehead atoms. The quantitative estimate of drug-likeness (QED) is 0.932. The first-order valence-electron chi connectivity index (χ1n) is 5.51. The molecule has 0 spiro atoms. The summed E-state index contributed by atoms with van der Waals surface area (Å²) in [6, 6.07) is 6.47. The van der Waals surface area contributed by atoms with E-state index < -0.39 is 26.7 Å². The molecule has 0 atom stereocenters. The van der Waals surface area contributed by atoms with Crippen molar-refractivity contribution in [3.05, 3.63) is 53.2 Å². The van der Waals surface area contributed by atoms with E-state index in [-0.39, 0.29) is 10.8 Å². The van der Waals surface area contributed by atoms with Crippen LogP contribution in [0, 0.1) is 0 Å². The Bertz CT molecular complexity index is 763.